The van der Waals surface area contributed by atoms with Crippen molar-refractivity contribution in [1.29, 1.82) is 0 Å². The van der Waals surface area contributed by atoms with Crippen molar-refractivity contribution >= 4 is 40.0 Å². The molecule has 0 radical (unpaired) electrons. The van der Waals surface area contributed by atoms with Crippen LogP contribution >= 0.6 is 24.0 Å². The number of hydrogen-bond acceptors (Lipinski definition) is 4. The topological polar surface area (TPSA) is 91.8 Å². The molecular weight excluding hydrogens is 491 g/mol. The molecule has 0 saturated heterocycles. The molecule has 0 aliphatic heterocycles. The van der Waals surface area contributed by atoms with Gasteiger partial charge in [0, 0.05) is 39.9 Å². The van der Waals surface area contributed by atoms with E-state index in [0.29, 0.717) is 29.9 Å². The number of hydrogen-bond donors (Lipinski definition) is 3. The quantitative estimate of drug-likeness (QED) is 0.178. The molecule has 0 heterocycles. The van der Waals surface area contributed by atoms with Gasteiger partial charge in [-0.15, -0.1) is 24.0 Å². The van der Waals surface area contributed by atoms with Gasteiger partial charge in [-0.2, -0.15) is 0 Å². The molecule has 0 aliphatic rings. The summed E-state index contributed by atoms with van der Waals surface area (Å²) in [6.45, 7) is 10.8. The van der Waals surface area contributed by atoms with E-state index < -0.39 is 10.0 Å². The van der Waals surface area contributed by atoms with E-state index in [1.165, 1.54) is 0 Å². The van der Waals surface area contributed by atoms with E-state index in [2.05, 4.69) is 34.2 Å². The van der Waals surface area contributed by atoms with Crippen LogP contribution in [0.25, 0.3) is 0 Å². The van der Waals surface area contributed by atoms with Crippen LogP contribution in [-0.4, -0.2) is 54.3 Å². The average Bonchev–Trinajstić information content (AvgIpc) is 2.61. The zero-order valence-electron chi connectivity index (χ0n) is 17.5. The fraction of sp³-hybridized carbons (Fsp3) is 0.632. The second kappa shape index (κ2) is 14.1. The van der Waals surface area contributed by atoms with E-state index in [1.807, 2.05) is 19.1 Å². The second-order valence-corrected chi connectivity index (χ2v) is 8.65. The minimum atomic E-state index is -3.52. The van der Waals surface area contributed by atoms with Crippen LogP contribution in [0.2, 0.25) is 0 Å². The highest BCUT2D eigenvalue weighted by atomic mass is 127. The second-order valence-electron chi connectivity index (χ2n) is 6.91. The zero-order chi connectivity index (χ0) is 20.3. The van der Waals surface area contributed by atoms with Crippen LogP contribution in [0.1, 0.15) is 31.4 Å². The highest BCUT2D eigenvalue weighted by molar-refractivity contribution is 14.0. The molecule has 1 aromatic rings. The normalized spacial score (nSPS) is 12.0. The summed E-state index contributed by atoms with van der Waals surface area (Å²) >= 11 is 0. The number of halogens is 1. The molecule has 1 rings (SSSR count). The maximum atomic E-state index is 12.4. The molecule has 0 saturated carbocycles. The Morgan fingerprint density at radius 1 is 1.14 bits per heavy atom. The molecule has 0 amide bonds. The van der Waals surface area contributed by atoms with Crippen LogP contribution in [-0.2, 0) is 14.8 Å². The minimum absolute atomic E-state index is 0. The monoisotopic (exact) mass is 526 g/mol. The van der Waals surface area contributed by atoms with E-state index >= 15 is 0 Å². The van der Waals surface area contributed by atoms with Gasteiger partial charge in [0.25, 0.3) is 0 Å². The number of nitrogens with one attached hydrogen (secondary N) is 3. The zero-order valence-corrected chi connectivity index (χ0v) is 20.7. The summed E-state index contributed by atoms with van der Waals surface area (Å²) in [6, 6.07) is 5.41. The Kier molecular flexibility index (Phi) is 13.7. The van der Waals surface area contributed by atoms with Crippen molar-refractivity contribution in [3.63, 3.8) is 0 Å². The van der Waals surface area contributed by atoms with Gasteiger partial charge >= 0.3 is 0 Å². The molecule has 162 valence electrons. The van der Waals surface area contributed by atoms with Crippen molar-refractivity contribution in [2.75, 3.05) is 39.9 Å². The summed E-state index contributed by atoms with van der Waals surface area (Å²) in [5.41, 5.74) is 1.65. The van der Waals surface area contributed by atoms with E-state index in [1.54, 1.807) is 20.0 Å². The van der Waals surface area contributed by atoms with Gasteiger partial charge in [0.05, 0.1) is 4.90 Å². The maximum absolute atomic E-state index is 12.4. The Hall–Kier alpha value is -0.910. The standard InChI is InChI=1S/C19H34N4O3S.HI/c1-15(2)14-26-12-6-9-21-19(20-5)22-10-11-23-27(24,25)18-13-16(3)7-8-17(18)4;/h7-8,13,15,23H,6,9-12,14H2,1-5H3,(H2,20,21,22);1H. The third-order valence-corrected chi connectivity index (χ3v) is 5.38. The molecule has 7 nitrogen and oxygen atoms in total. The fourth-order valence-electron chi connectivity index (χ4n) is 2.36. The molecule has 0 bridgehead atoms. The molecule has 1 aromatic carbocycles. The average molecular weight is 526 g/mol. The van der Waals surface area contributed by atoms with Crippen LogP contribution in [0.3, 0.4) is 0 Å². The third-order valence-electron chi connectivity index (χ3n) is 3.78. The lowest BCUT2D eigenvalue weighted by atomic mass is 10.2. The summed E-state index contributed by atoms with van der Waals surface area (Å²) in [5.74, 6) is 1.18. The molecule has 0 aromatic heterocycles. The van der Waals surface area contributed by atoms with Crippen molar-refractivity contribution in [3.8, 4) is 0 Å². The van der Waals surface area contributed by atoms with Gasteiger partial charge in [-0.1, -0.05) is 26.0 Å². The lowest BCUT2D eigenvalue weighted by Crippen LogP contribution is -2.42. The van der Waals surface area contributed by atoms with Crippen molar-refractivity contribution in [2.45, 2.75) is 39.0 Å². The number of ether oxygens (including phenoxy) is 1. The Bertz CT molecular complexity index is 709. The Labute approximate surface area is 187 Å². The molecule has 28 heavy (non-hydrogen) atoms. The number of nitrogens with zero attached hydrogens (tertiary/aromatic N) is 1. The summed E-state index contributed by atoms with van der Waals surface area (Å²) in [7, 11) is -1.83. The van der Waals surface area contributed by atoms with Crippen molar-refractivity contribution in [1.82, 2.24) is 15.4 Å². The number of sulfonamides is 1. The maximum Gasteiger partial charge on any atom is 0.240 e. The Morgan fingerprint density at radius 3 is 2.46 bits per heavy atom. The predicted molar refractivity (Wildman–Crippen MR) is 126 cm³/mol. The molecule has 0 atom stereocenters. The summed E-state index contributed by atoms with van der Waals surface area (Å²) in [4.78, 5) is 4.45. The SMILES string of the molecule is CN=C(NCCCOCC(C)C)NCCNS(=O)(=O)c1cc(C)ccc1C.I. The van der Waals surface area contributed by atoms with Crippen LogP contribution < -0.4 is 15.4 Å². The smallest absolute Gasteiger partial charge is 0.240 e. The molecule has 0 aliphatic carbocycles. The molecular formula is C19H35IN4O3S. The van der Waals surface area contributed by atoms with Gasteiger partial charge in [0.15, 0.2) is 5.96 Å². The minimum Gasteiger partial charge on any atom is -0.381 e. The van der Waals surface area contributed by atoms with E-state index in [0.717, 1.165) is 30.7 Å². The lowest BCUT2D eigenvalue weighted by molar-refractivity contribution is 0.108. The van der Waals surface area contributed by atoms with Gasteiger partial charge in [-0.05, 0) is 43.4 Å². The van der Waals surface area contributed by atoms with E-state index in [4.69, 9.17) is 4.74 Å². The van der Waals surface area contributed by atoms with Crippen LogP contribution in [0, 0.1) is 19.8 Å². The first kappa shape index (κ1) is 27.1. The Balaban J connectivity index is 0.00000729. The lowest BCUT2D eigenvalue weighted by Gasteiger charge is -2.13. The fourth-order valence-corrected chi connectivity index (χ4v) is 3.72. The summed E-state index contributed by atoms with van der Waals surface area (Å²) < 4.78 is 33.0. The first-order valence-electron chi connectivity index (χ1n) is 9.35. The summed E-state index contributed by atoms with van der Waals surface area (Å²) in [5, 5.41) is 6.28. The third kappa shape index (κ3) is 10.6. The van der Waals surface area contributed by atoms with Gasteiger partial charge in [0.2, 0.25) is 10.0 Å². The van der Waals surface area contributed by atoms with Crippen molar-refractivity contribution in [2.24, 2.45) is 10.9 Å². The van der Waals surface area contributed by atoms with Gasteiger partial charge in [0.1, 0.15) is 0 Å². The first-order valence-corrected chi connectivity index (χ1v) is 10.8. The summed E-state index contributed by atoms with van der Waals surface area (Å²) in [6.07, 6.45) is 0.882. The van der Waals surface area contributed by atoms with Crippen LogP contribution in [0.15, 0.2) is 28.1 Å². The molecule has 0 spiro atoms. The van der Waals surface area contributed by atoms with Crippen LogP contribution in [0.4, 0.5) is 0 Å². The van der Waals surface area contributed by atoms with Gasteiger partial charge in [-0.25, -0.2) is 13.1 Å². The van der Waals surface area contributed by atoms with Gasteiger partial charge < -0.3 is 15.4 Å². The van der Waals surface area contributed by atoms with E-state index in [9.17, 15) is 8.42 Å². The number of benzene rings is 1. The first-order chi connectivity index (χ1) is 12.8. The molecule has 0 fully saturated rings. The number of aliphatic imine (C=N–C) groups is 1. The molecule has 3 N–H and O–H groups in total. The predicted octanol–water partition coefficient (Wildman–Crippen LogP) is 2.43. The van der Waals surface area contributed by atoms with E-state index in [-0.39, 0.29) is 30.5 Å². The van der Waals surface area contributed by atoms with Gasteiger partial charge in [-0.3, -0.25) is 4.99 Å². The van der Waals surface area contributed by atoms with Crippen LogP contribution in [0.5, 0.6) is 0 Å². The highest BCUT2D eigenvalue weighted by Gasteiger charge is 2.16. The number of guanidine groups is 1. The molecule has 9 heteroatoms. The number of rotatable bonds is 11. The largest absolute Gasteiger partial charge is 0.381 e. The Morgan fingerprint density at radius 2 is 1.82 bits per heavy atom. The highest BCUT2D eigenvalue weighted by Crippen LogP contribution is 2.16. The van der Waals surface area contributed by atoms with Crippen molar-refractivity contribution < 1.29 is 13.2 Å². The van der Waals surface area contributed by atoms with Crippen molar-refractivity contribution in [3.05, 3.63) is 29.3 Å². The molecule has 0 unspecified atom stereocenters. The number of aryl methyl sites for hydroxylation is 2.